The first kappa shape index (κ1) is 15.0. The highest BCUT2D eigenvalue weighted by Crippen LogP contribution is 2.24. The van der Waals surface area contributed by atoms with Crippen molar-refractivity contribution in [3.05, 3.63) is 59.9 Å². The lowest BCUT2D eigenvalue weighted by atomic mass is 10.1. The summed E-state index contributed by atoms with van der Waals surface area (Å²) in [7, 11) is 0. The first-order valence-corrected chi connectivity index (χ1v) is 7.67. The zero-order valence-electron chi connectivity index (χ0n) is 12.9. The van der Waals surface area contributed by atoms with Gasteiger partial charge in [0.05, 0.1) is 5.69 Å². The van der Waals surface area contributed by atoms with E-state index < -0.39 is 5.60 Å². The van der Waals surface area contributed by atoms with Crippen molar-refractivity contribution in [3.8, 4) is 5.75 Å². The van der Waals surface area contributed by atoms with Gasteiger partial charge in [0.15, 0.2) is 0 Å². The molecule has 1 unspecified atom stereocenters. The molecular formula is C18H22N2O2. The van der Waals surface area contributed by atoms with E-state index in [2.05, 4.69) is 9.88 Å². The molecule has 1 aliphatic rings. The number of rotatable bonds is 5. The van der Waals surface area contributed by atoms with E-state index in [9.17, 15) is 5.11 Å². The highest BCUT2D eigenvalue weighted by atomic mass is 16.5. The Labute approximate surface area is 131 Å². The molecule has 1 fully saturated rings. The minimum absolute atomic E-state index is 0.328. The van der Waals surface area contributed by atoms with Crippen molar-refractivity contribution in [1.82, 2.24) is 9.88 Å². The third-order valence-electron chi connectivity index (χ3n) is 4.05. The fourth-order valence-corrected chi connectivity index (χ4v) is 2.77. The van der Waals surface area contributed by atoms with Crippen LogP contribution in [0.25, 0.3) is 0 Å². The van der Waals surface area contributed by atoms with E-state index in [0.717, 1.165) is 31.0 Å². The Morgan fingerprint density at radius 3 is 2.77 bits per heavy atom. The molecule has 0 saturated carbocycles. The molecule has 1 atom stereocenters. The van der Waals surface area contributed by atoms with E-state index >= 15 is 0 Å². The zero-order chi connectivity index (χ0) is 15.4. The molecule has 2 aromatic rings. The SMILES string of the molecule is Cc1ccc(OCC2(O)CCN(Cc3ccccn3)C2)cc1. The van der Waals surface area contributed by atoms with Crippen molar-refractivity contribution >= 4 is 0 Å². The zero-order valence-corrected chi connectivity index (χ0v) is 12.9. The topological polar surface area (TPSA) is 45.6 Å². The smallest absolute Gasteiger partial charge is 0.119 e. The van der Waals surface area contributed by atoms with Crippen molar-refractivity contribution in [1.29, 1.82) is 0 Å². The van der Waals surface area contributed by atoms with E-state index in [1.54, 1.807) is 6.20 Å². The number of nitrogens with zero attached hydrogens (tertiary/aromatic N) is 2. The predicted octanol–water partition coefficient (Wildman–Crippen LogP) is 2.41. The molecule has 1 aromatic carbocycles. The fraction of sp³-hybridized carbons (Fsp3) is 0.389. The number of ether oxygens (including phenoxy) is 1. The van der Waals surface area contributed by atoms with Gasteiger partial charge in [-0.05, 0) is 37.6 Å². The largest absolute Gasteiger partial charge is 0.491 e. The van der Waals surface area contributed by atoms with Crippen LogP contribution in [0.1, 0.15) is 17.7 Å². The number of β-amino-alcohol motifs (C(OH)–C–C–N with tert-alkyl or cyclic N) is 1. The van der Waals surface area contributed by atoms with Crippen molar-refractivity contribution in [3.63, 3.8) is 0 Å². The van der Waals surface area contributed by atoms with Crippen LogP contribution in [0, 0.1) is 6.92 Å². The van der Waals surface area contributed by atoms with Crippen LogP contribution in [0.3, 0.4) is 0 Å². The molecule has 4 heteroatoms. The molecule has 4 nitrogen and oxygen atoms in total. The standard InChI is InChI=1S/C18H22N2O2/c1-15-5-7-17(8-6-15)22-14-18(21)9-11-20(13-18)12-16-4-2-3-10-19-16/h2-8,10,21H,9,11-14H2,1H3. The quantitative estimate of drug-likeness (QED) is 0.921. The molecule has 22 heavy (non-hydrogen) atoms. The molecular weight excluding hydrogens is 276 g/mol. The van der Waals surface area contributed by atoms with Crippen LogP contribution in [-0.4, -0.2) is 40.3 Å². The van der Waals surface area contributed by atoms with Crippen molar-refractivity contribution in [2.75, 3.05) is 19.7 Å². The molecule has 2 heterocycles. The molecule has 1 N–H and O–H groups in total. The average molecular weight is 298 g/mol. The molecule has 1 aromatic heterocycles. The third-order valence-corrected chi connectivity index (χ3v) is 4.05. The van der Waals surface area contributed by atoms with E-state index in [1.807, 2.05) is 49.4 Å². The summed E-state index contributed by atoms with van der Waals surface area (Å²) in [5, 5.41) is 10.7. The number of aromatic nitrogens is 1. The maximum Gasteiger partial charge on any atom is 0.119 e. The van der Waals surface area contributed by atoms with Gasteiger partial charge in [0, 0.05) is 25.8 Å². The molecule has 0 amide bonds. The van der Waals surface area contributed by atoms with Crippen molar-refractivity contribution in [2.24, 2.45) is 0 Å². The highest BCUT2D eigenvalue weighted by Gasteiger charge is 2.36. The summed E-state index contributed by atoms with van der Waals surface area (Å²) in [5.41, 5.74) is 1.46. The van der Waals surface area contributed by atoms with E-state index in [4.69, 9.17) is 4.74 Å². The van der Waals surface area contributed by atoms with Gasteiger partial charge in [-0.2, -0.15) is 0 Å². The van der Waals surface area contributed by atoms with Crippen LogP contribution in [0.2, 0.25) is 0 Å². The number of hydrogen-bond donors (Lipinski definition) is 1. The summed E-state index contributed by atoms with van der Waals surface area (Å²) in [5.74, 6) is 0.808. The Morgan fingerprint density at radius 1 is 1.23 bits per heavy atom. The molecule has 1 saturated heterocycles. The van der Waals surface area contributed by atoms with Crippen LogP contribution >= 0.6 is 0 Å². The predicted molar refractivity (Wildman–Crippen MR) is 85.8 cm³/mol. The first-order valence-electron chi connectivity index (χ1n) is 7.67. The van der Waals surface area contributed by atoms with E-state index in [0.29, 0.717) is 13.2 Å². The van der Waals surface area contributed by atoms with Crippen molar-refractivity contribution in [2.45, 2.75) is 25.5 Å². The van der Waals surface area contributed by atoms with E-state index in [1.165, 1.54) is 5.56 Å². The fourth-order valence-electron chi connectivity index (χ4n) is 2.77. The maximum atomic E-state index is 10.7. The Balaban J connectivity index is 1.53. The lowest BCUT2D eigenvalue weighted by Gasteiger charge is -2.23. The number of aliphatic hydroxyl groups is 1. The van der Waals surface area contributed by atoms with Crippen LogP contribution in [0.15, 0.2) is 48.7 Å². The summed E-state index contributed by atoms with van der Waals surface area (Å²) in [6.07, 6.45) is 2.53. The number of pyridine rings is 1. The maximum absolute atomic E-state index is 10.7. The second-order valence-electron chi connectivity index (χ2n) is 6.11. The van der Waals surface area contributed by atoms with Crippen LogP contribution in [-0.2, 0) is 6.54 Å². The molecule has 0 aliphatic carbocycles. The minimum Gasteiger partial charge on any atom is -0.491 e. The second-order valence-corrected chi connectivity index (χ2v) is 6.11. The first-order chi connectivity index (χ1) is 10.6. The highest BCUT2D eigenvalue weighted by molar-refractivity contribution is 5.26. The Kier molecular flexibility index (Phi) is 4.41. The minimum atomic E-state index is -0.778. The van der Waals surface area contributed by atoms with Gasteiger partial charge in [-0.3, -0.25) is 9.88 Å². The number of likely N-dealkylation sites (tertiary alicyclic amines) is 1. The van der Waals surface area contributed by atoms with Gasteiger partial charge in [-0.1, -0.05) is 23.8 Å². The normalized spacial score (nSPS) is 21.9. The lowest BCUT2D eigenvalue weighted by Crippen LogP contribution is -2.39. The monoisotopic (exact) mass is 298 g/mol. The van der Waals surface area contributed by atoms with Gasteiger partial charge >= 0.3 is 0 Å². The number of hydrogen-bond acceptors (Lipinski definition) is 4. The van der Waals surface area contributed by atoms with Gasteiger partial charge in [0.2, 0.25) is 0 Å². The molecule has 116 valence electrons. The summed E-state index contributed by atoms with van der Waals surface area (Å²) >= 11 is 0. The lowest BCUT2D eigenvalue weighted by molar-refractivity contribution is 0.00330. The van der Waals surface area contributed by atoms with Crippen LogP contribution in [0.4, 0.5) is 0 Å². The number of benzene rings is 1. The van der Waals surface area contributed by atoms with Crippen LogP contribution in [0.5, 0.6) is 5.75 Å². The Morgan fingerprint density at radius 2 is 2.05 bits per heavy atom. The summed E-state index contributed by atoms with van der Waals surface area (Å²) in [4.78, 5) is 6.56. The third kappa shape index (κ3) is 3.84. The van der Waals surface area contributed by atoms with Gasteiger partial charge < -0.3 is 9.84 Å². The van der Waals surface area contributed by atoms with Gasteiger partial charge in [-0.25, -0.2) is 0 Å². The van der Waals surface area contributed by atoms with Crippen molar-refractivity contribution < 1.29 is 9.84 Å². The molecule has 0 bridgehead atoms. The summed E-state index contributed by atoms with van der Waals surface area (Å²) in [6.45, 7) is 4.63. The molecule has 0 spiro atoms. The molecule has 0 radical (unpaired) electrons. The second kappa shape index (κ2) is 6.46. The Hall–Kier alpha value is -1.91. The van der Waals surface area contributed by atoms with Gasteiger partial charge in [-0.15, -0.1) is 0 Å². The van der Waals surface area contributed by atoms with Crippen LogP contribution < -0.4 is 4.74 Å². The number of aryl methyl sites for hydroxylation is 1. The molecule has 1 aliphatic heterocycles. The Bertz CT molecular complexity index is 600. The van der Waals surface area contributed by atoms with Gasteiger partial charge in [0.25, 0.3) is 0 Å². The summed E-state index contributed by atoms with van der Waals surface area (Å²) in [6, 6.07) is 13.8. The molecule has 3 rings (SSSR count). The van der Waals surface area contributed by atoms with E-state index in [-0.39, 0.29) is 0 Å². The summed E-state index contributed by atoms with van der Waals surface area (Å²) < 4.78 is 5.75. The van der Waals surface area contributed by atoms with Gasteiger partial charge in [0.1, 0.15) is 18.0 Å². The average Bonchev–Trinajstić information content (AvgIpc) is 2.89.